The van der Waals surface area contributed by atoms with Gasteiger partial charge in [-0.15, -0.1) is 0 Å². The van der Waals surface area contributed by atoms with Crippen molar-refractivity contribution >= 4 is 32.8 Å². The summed E-state index contributed by atoms with van der Waals surface area (Å²) in [5.74, 6) is -0.917. The van der Waals surface area contributed by atoms with Crippen LogP contribution in [0.25, 0.3) is 10.9 Å². The number of carboxylic acids is 1. The molecule has 2 aromatic rings. The van der Waals surface area contributed by atoms with Gasteiger partial charge in [-0.1, -0.05) is 15.9 Å². The molecule has 0 aliphatic rings. The van der Waals surface area contributed by atoms with Gasteiger partial charge in [0.15, 0.2) is 0 Å². The lowest BCUT2D eigenvalue weighted by Crippen LogP contribution is -1.98. The van der Waals surface area contributed by atoms with Crippen molar-refractivity contribution in [3.8, 4) is 0 Å². The molecule has 0 saturated carbocycles. The molecule has 0 bridgehead atoms. The molecule has 78 valence electrons. The summed E-state index contributed by atoms with van der Waals surface area (Å²) in [6.07, 6.45) is 0. The summed E-state index contributed by atoms with van der Waals surface area (Å²) in [7, 11) is 0. The van der Waals surface area contributed by atoms with Crippen LogP contribution in [-0.2, 0) is 0 Å². The van der Waals surface area contributed by atoms with Crippen LogP contribution >= 0.6 is 15.9 Å². The van der Waals surface area contributed by atoms with Gasteiger partial charge >= 0.3 is 5.97 Å². The number of H-pyrrole nitrogens is 1. The van der Waals surface area contributed by atoms with E-state index in [1.54, 1.807) is 0 Å². The minimum absolute atomic E-state index is 0.270. The highest BCUT2D eigenvalue weighted by Gasteiger charge is 2.15. The number of carboxylic acid groups (broad SMARTS) is 1. The van der Waals surface area contributed by atoms with E-state index in [1.165, 1.54) is 0 Å². The molecule has 0 radical (unpaired) electrons. The van der Waals surface area contributed by atoms with Crippen LogP contribution in [0.15, 0.2) is 16.6 Å². The van der Waals surface area contributed by atoms with Crippen molar-refractivity contribution in [2.75, 3.05) is 0 Å². The highest BCUT2D eigenvalue weighted by atomic mass is 79.9. The van der Waals surface area contributed by atoms with Crippen molar-refractivity contribution in [1.29, 1.82) is 0 Å². The predicted molar refractivity (Wildman–Crippen MR) is 62.4 cm³/mol. The topological polar surface area (TPSA) is 53.1 Å². The molecular weight excluding hydrogens is 258 g/mol. The summed E-state index contributed by atoms with van der Waals surface area (Å²) in [6.45, 7) is 3.79. The van der Waals surface area contributed by atoms with Gasteiger partial charge in [-0.05, 0) is 37.1 Å². The maximum Gasteiger partial charge on any atom is 0.352 e. The number of hydrogen-bond acceptors (Lipinski definition) is 1. The minimum atomic E-state index is -0.917. The largest absolute Gasteiger partial charge is 0.477 e. The summed E-state index contributed by atoms with van der Waals surface area (Å²) in [5, 5.41) is 9.97. The second-order valence-electron chi connectivity index (χ2n) is 3.53. The van der Waals surface area contributed by atoms with Crippen molar-refractivity contribution in [3.63, 3.8) is 0 Å². The number of aromatic amines is 1. The maximum atomic E-state index is 10.9. The first-order chi connectivity index (χ1) is 7.02. The van der Waals surface area contributed by atoms with E-state index in [-0.39, 0.29) is 5.69 Å². The van der Waals surface area contributed by atoms with Crippen molar-refractivity contribution in [1.82, 2.24) is 4.98 Å². The SMILES string of the molecule is Cc1c(Br)ccc2[nH]c(C(=O)O)c(C)c12. The fourth-order valence-corrected chi connectivity index (χ4v) is 2.17. The van der Waals surface area contributed by atoms with E-state index in [2.05, 4.69) is 20.9 Å². The van der Waals surface area contributed by atoms with Crippen molar-refractivity contribution in [2.45, 2.75) is 13.8 Å². The Labute approximate surface area is 95.2 Å². The zero-order chi connectivity index (χ0) is 11.2. The standard InChI is InChI=1S/C11H10BrNO2/c1-5-7(12)3-4-8-9(5)6(2)10(13-8)11(14)15/h3-4,13H,1-2H3,(H,14,15). The summed E-state index contributed by atoms with van der Waals surface area (Å²) in [4.78, 5) is 13.9. The number of carbonyl (C=O) groups is 1. The van der Waals surface area contributed by atoms with Crippen LogP contribution in [0.5, 0.6) is 0 Å². The Bertz CT molecular complexity index is 557. The van der Waals surface area contributed by atoms with Crippen LogP contribution in [0.4, 0.5) is 0 Å². The van der Waals surface area contributed by atoms with Gasteiger partial charge in [-0.2, -0.15) is 0 Å². The van der Waals surface area contributed by atoms with Gasteiger partial charge in [0.05, 0.1) is 0 Å². The molecule has 0 fully saturated rings. The van der Waals surface area contributed by atoms with Crippen LogP contribution in [0, 0.1) is 13.8 Å². The number of halogens is 1. The van der Waals surface area contributed by atoms with Gasteiger partial charge in [0.2, 0.25) is 0 Å². The lowest BCUT2D eigenvalue weighted by Gasteiger charge is -2.00. The van der Waals surface area contributed by atoms with Gasteiger partial charge in [0, 0.05) is 15.4 Å². The van der Waals surface area contributed by atoms with Crippen LogP contribution in [-0.4, -0.2) is 16.1 Å². The van der Waals surface area contributed by atoms with Gasteiger partial charge in [-0.3, -0.25) is 0 Å². The molecule has 2 N–H and O–H groups in total. The first kappa shape index (κ1) is 10.2. The zero-order valence-corrected chi connectivity index (χ0v) is 9.97. The minimum Gasteiger partial charge on any atom is -0.477 e. The smallest absolute Gasteiger partial charge is 0.352 e. The molecule has 1 aromatic carbocycles. The highest BCUT2D eigenvalue weighted by molar-refractivity contribution is 9.10. The van der Waals surface area contributed by atoms with Crippen LogP contribution in [0.1, 0.15) is 21.6 Å². The Kier molecular flexibility index (Phi) is 2.31. The molecule has 0 atom stereocenters. The second-order valence-corrected chi connectivity index (χ2v) is 4.38. The van der Waals surface area contributed by atoms with E-state index in [0.717, 1.165) is 26.5 Å². The Morgan fingerprint density at radius 1 is 1.33 bits per heavy atom. The highest BCUT2D eigenvalue weighted by Crippen LogP contribution is 2.29. The molecule has 0 spiro atoms. The van der Waals surface area contributed by atoms with Crippen LogP contribution in [0.3, 0.4) is 0 Å². The summed E-state index contributed by atoms with van der Waals surface area (Å²) >= 11 is 3.44. The molecule has 0 unspecified atom stereocenters. The van der Waals surface area contributed by atoms with Gasteiger partial charge in [-0.25, -0.2) is 4.79 Å². The van der Waals surface area contributed by atoms with Crippen molar-refractivity contribution in [3.05, 3.63) is 33.4 Å². The van der Waals surface area contributed by atoms with Gasteiger partial charge in [0.25, 0.3) is 0 Å². The molecule has 0 saturated heterocycles. The Balaban J connectivity index is 2.89. The number of aromatic nitrogens is 1. The molecule has 15 heavy (non-hydrogen) atoms. The lowest BCUT2D eigenvalue weighted by atomic mass is 10.1. The molecule has 0 aliphatic heterocycles. The Hall–Kier alpha value is -1.29. The van der Waals surface area contributed by atoms with E-state index < -0.39 is 5.97 Å². The maximum absolute atomic E-state index is 10.9. The third-order valence-electron chi connectivity index (χ3n) is 2.62. The molecule has 4 heteroatoms. The number of hydrogen-bond donors (Lipinski definition) is 2. The molecule has 0 amide bonds. The first-order valence-electron chi connectivity index (χ1n) is 4.53. The third-order valence-corrected chi connectivity index (χ3v) is 3.48. The third kappa shape index (κ3) is 1.45. The van der Waals surface area contributed by atoms with Crippen molar-refractivity contribution < 1.29 is 9.90 Å². The zero-order valence-electron chi connectivity index (χ0n) is 8.39. The van der Waals surface area contributed by atoms with E-state index in [9.17, 15) is 4.79 Å². The van der Waals surface area contributed by atoms with Gasteiger partial charge in [0.1, 0.15) is 5.69 Å². The lowest BCUT2D eigenvalue weighted by molar-refractivity contribution is 0.0691. The molecule has 1 heterocycles. The average Bonchev–Trinajstić information content (AvgIpc) is 2.50. The Morgan fingerprint density at radius 2 is 2.00 bits per heavy atom. The fraction of sp³-hybridized carbons (Fsp3) is 0.182. The summed E-state index contributed by atoms with van der Waals surface area (Å²) in [6, 6.07) is 3.80. The molecule has 0 aliphatic carbocycles. The number of fused-ring (bicyclic) bond motifs is 1. The van der Waals surface area contributed by atoms with E-state index >= 15 is 0 Å². The van der Waals surface area contributed by atoms with Crippen molar-refractivity contribution in [2.24, 2.45) is 0 Å². The number of nitrogens with one attached hydrogen (secondary N) is 1. The van der Waals surface area contributed by atoms with Crippen LogP contribution < -0.4 is 0 Å². The molecule has 2 rings (SSSR count). The summed E-state index contributed by atoms with van der Waals surface area (Å²) < 4.78 is 0.994. The summed E-state index contributed by atoms with van der Waals surface area (Å²) in [5.41, 5.74) is 2.99. The molecular formula is C11H10BrNO2. The predicted octanol–water partition coefficient (Wildman–Crippen LogP) is 3.25. The fourth-order valence-electron chi connectivity index (χ4n) is 1.84. The molecule has 3 nitrogen and oxygen atoms in total. The Morgan fingerprint density at radius 3 is 2.60 bits per heavy atom. The first-order valence-corrected chi connectivity index (χ1v) is 5.32. The number of aryl methyl sites for hydroxylation is 2. The number of benzene rings is 1. The molecule has 1 aromatic heterocycles. The monoisotopic (exact) mass is 267 g/mol. The van der Waals surface area contributed by atoms with E-state index in [4.69, 9.17) is 5.11 Å². The number of aromatic carboxylic acids is 1. The number of rotatable bonds is 1. The quantitative estimate of drug-likeness (QED) is 0.834. The van der Waals surface area contributed by atoms with E-state index in [0.29, 0.717) is 0 Å². The average molecular weight is 268 g/mol. The van der Waals surface area contributed by atoms with Crippen LogP contribution in [0.2, 0.25) is 0 Å². The normalized spacial score (nSPS) is 10.9. The second kappa shape index (κ2) is 3.38. The van der Waals surface area contributed by atoms with E-state index in [1.807, 2.05) is 26.0 Å². The van der Waals surface area contributed by atoms with Gasteiger partial charge < -0.3 is 10.1 Å².